The van der Waals surface area contributed by atoms with Gasteiger partial charge in [-0.05, 0) is 19.1 Å². The van der Waals surface area contributed by atoms with Crippen molar-refractivity contribution in [3.8, 4) is 0 Å². The number of nitrogens with one attached hydrogen (secondary N) is 1. The molecule has 3 N–H and O–H groups in total. The lowest BCUT2D eigenvalue weighted by atomic mass is 10.2. The van der Waals surface area contributed by atoms with Crippen LogP contribution in [0.5, 0.6) is 0 Å². The van der Waals surface area contributed by atoms with Gasteiger partial charge in [0.1, 0.15) is 0 Å². The molecular formula is C7H13N3. The second kappa shape index (κ2) is 2.86. The van der Waals surface area contributed by atoms with Crippen LogP contribution in [-0.2, 0) is 7.05 Å². The molecule has 1 aromatic rings. The van der Waals surface area contributed by atoms with Crippen molar-refractivity contribution >= 4 is 0 Å². The molecule has 0 fully saturated rings. The first kappa shape index (κ1) is 7.31. The summed E-state index contributed by atoms with van der Waals surface area (Å²) in [5, 5.41) is 0. The van der Waals surface area contributed by atoms with Crippen LogP contribution in [0.4, 0.5) is 0 Å². The van der Waals surface area contributed by atoms with E-state index in [4.69, 9.17) is 5.84 Å². The summed E-state index contributed by atoms with van der Waals surface area (Å²) in [5.41, 5.74) is 3.88. The Bertz CT molecular complexity index is 204. The van der Waals surface area contributed by atoms with Crippen molar-refractivity contribution in [2.45, 2.75) is 13.0 Å². The molecule has 1 aromatic heterocycles. The first-order valence-electron chi connectivity index (χ1n) is 3.33. The maximum atomic E-state index is 5.27. The number of nitrogens with zero attached hydrogens (tertiary/aromatic N) is 1. The summed E-state index contributed by atoms with van der Waals surface area (Å²) >= 11 is 0. The average molecular weight is 139 g/mol. The second-order valence-electron chi connectivity index (χ2n) is 2.43. The summed E-state index contributed by atoms with van der Waals surface area (Å²) < 4.78 is 2.05. The molecule has 3 heteroatoms. The Kier molecular flexibility index (Phi) is 2.09. The number of aryl methyl sites for hydroxylation is 1. The highest BCUT2D eigenvalue weighted by Gasteiger charge is 2.03. The SMILES string of the molecule is CC(NN)c1cccn1C. The van der Waals surface area contributed by atoms with Crippen LogP contribution in [0.3, 0.4) is 0 Å². The van der Waals surface area contributed by atoms with Crippen LogP contribution >= 0.6 is 0 Å². The molecule has 0 amide bonds. The highest BCUT2D eigenvalue weighted by molar-refractivity contribution is 5.10. The molecule has 0 saturated heterocycles. The van der Waals surface area contributed by atoms with E-state index in [1.807, 2.05) is 36.9 Å². The summed E-state index contributed by atoms with van der Waals surface area (Å²) in [6.07, 6.45) is 2.00. The predicted molar refractivity (Wildman–Crippen MR) is 41.2 cm³/mol. The van der Waals surface area contributed by atoms with Gasteiger partial charge < -0.3 is 4.57 Å². The maximum Gasteiger partial charge on any atom is 0.0583 e. The van der Waals surface area contributed by atoms with Gasteiger partial charge in [-0.3, -0.25) is 11.3 Å². The summed E-state index contributed by atoms with van der Waals surface area (Å²) in [6.45, 7) is 2.02. The molecule has 0 bridgehead atoms. The minimum absolute atomic E-state index is 0.222. The minimum Gasteiger partial charge on any atom is -0.353 e. The zero-order chi connectivity index (χ0) is 7.56. The lowest BCUT2D eigenvalue weighted by molar-refractivity contribution is 0.566. The summed E-state index contributed by atoms with van der Waals surface area (Å²) in [5.74, 6) is 5.27. The van der Waals surface area contributed by atoms with Crippen LogP contribution in [0.1, 0.15) is 18.7 Å². The van der Waals surface area contributed by atoms with Gasteiger partial charge in [-0.2, -0.15) is 0 Å². The van der Waals surface area contributed by atoms with Crippen molar-refractivity contribution in [3.63, 3.8) is 0 Å². The Labute approximate surface area is 60.8 Å². The van der Waals surface area contributed by atoms with Crippen molar-refractivity contribution in [2.75, 3.05) is 0 Å². The van der Waals surface area contributed by atoms with Crippen LogP contribution in [0.2, 0.25) is 0 Å². The van der Waals surface area contributed by atoms with E-state index in [0.29, 0.717) is 0 Å². The van der Waals surface area contributed by atoms with Crippen molar-refractivity contribution < 1.29 is 0 Å². The molecular weight excluding hydrogens is 126 g/mol. The quantitative estimate of drug-likeness (QED) is 0.464. The van der Waals surface area contributed by atoms with E-state index in [9.17, 15) is 0 Å². The highest BCUT2D eigenvalue weighted by Crippen LogP contribution is 2.09. The van der Waals surface area contributed by atoms with Crippen LogP contribution in [0.15, 0.2) is 18.3 Å². The van der Waals surface area contributed by atoms with E-state index in [2.05, 4.69) is 5.43 Å². The molecule has 0 aliphatic rings. The van der Waals surface area contributed by atoms with Gasteiger partial charge in [0.25, 0.3) is 0 Å². The van der Waals surface area contributed by atoms with Crippen molar-refractivity contribution in [2.24, 2.45) is 12.9 Å². The standard InChI is InChI=1S/C7H13N3/c1-6(9-8)7-4-3-5-10(7)2/h3-6,9H,8H2,1-2H3. The first-order chi connectivity index (χ1) is 4.75. The number of hydrogen-bond acceptors (Lipinski definition) is 2. The zero-order valence-corrected chi connectivity index (χ0v) is 6.33. The van der Waals surface area contributed by atoms with E-state index in [1.54, 1.807) is 0 Å². The third-order valence-electron chi connectivity index (χ3n) is 1.68. The lowest BCUT2D eigenvalue weighted by Gasteiger charge is -2.10. The maximum absolute atomic E-state index is 5.27. The largest absolute Gasteiger partial charge is 0.353 e. The molecule has 0 saturated carbocycles. The number of rotatable bonds is 2. The lowest BCUT2D eigenvalue weighted by Crippen LogP contribution is -2.26. The molecule has 56 valence electrons. The van der Waals surface area contributed by atoms with Gasteiger partial charge in [0.2, 0.25) is 0 Å². The summed E-state index contributed by atoms with van der Waals surface area (Å²) in [7, 11) is 2.00. The third-order valence-corrected chi connectivity index (χ3v) is 1.68. The predicted octanol–water partition coefficient (Wildman–Crippen LogP) is 0.549. The monoisotopic (exact) mass is 139 g/mol. The highest BCUT2D eigenvalue weighted by atomic mass is 15.2. The van der Waals surface area contributed by atoms with Crippen LogP contribution in [-0.4, -0.2) is 4.57 Å². The van der Waals surface area contributed by atoms with Gasteiger partial charge in [0.05, 0.1) is 6.04 Å². The Hall–Kier alpha value is -0.800. The normalized spacial score (nSPS) is 13.5. The molecule has 1 rings (SSSR count). The van der Waals surface area contributed by atoms with Crippen molar-refractivity contribution in [1.82, 2.24) is 9.99 Å². The molecule has 1 unspecified atom stereocenters. The molecule has 0 aliphatic carbocycles. The molecule has 0 aliphatic heterocycles. The number of aromatic nitrogens is 1. The van der Waals surface area contributed by atoms with Crippen molar-refractivity contribution in [3.05, 3.63) is 24.0 Å². The van der Waals surface area contributed by atoms with Crippen LogP contribution in [0.25, 0.3) is 0 Å². The number of hydrogen-bond donors (Lipinski definition) is 2. The van der Waals surface area contributed by atoms with Gasteiger partial charge >= 0.3 is 0 Å². The number of hydrazine groups is 1. The fourth-order valence-electron chi connectivity index (χ4n) is 1.01. The fourth-order valence-corrected chi connectivity index (χ4v) is 1.01. The average Bonchev–Trinajstić information content (AvgIpc) is 2.34. The smallest absolute Gasteiger partial charge is 0.0583 e. The van der Waals surface area contributed by atoms with Gasteiger partial charge in [0, 0.05) is 18.9 Å². The second-order valence-corrected chi connectivity index (χ2v) is 2.43. The third kappa shape index (κ3) is 1.20. The van der Waals surface area contributed by atoms with Crippen LogP contribution < -0.4 is 11.3 Å². The minimum atomic E-state index is 0.222. The molecule has 0 aromatic carbocycles. The van der Waals surface area contributed by atoms with Gasteiger partial charge in [-0.1, -0.05) is 0 Å². The Morgan fingerprint density at radius 1 is 1.70 bits per heavy atom. The molecule has 0 spiro atoms. The molecule has 1 atom stereocenters. The fraction of sp³-hybridized carbons (Fsp3) is 0.429. The molecule has 10 heavy (non-hydrogen) atoms. The van der Waals surface area contributed by atoms with E-state index in [0.717, 1.165) is 0 Å². The molecule has 1 heterocycles. The Balaban J connectivity index is 2.82. The van der Waals surface area contributed by atoms with Gasteiger partial charge in [-0.25, -0.2) is 0 Å². The van der Waals surface area contributed by atoms with E-state index in [-0.39, 0.29) is 6.04 Å². The van der Waals surface area contributed by atoms with E-state index >= 15 is 0 Å². The summed E-state index contributed by atoms with van der Waals surface area (Å²) in [6, 6.07) is 4.27. The number of nitrogens with two attached hydrogens (primary N) is 1. The van der Waals surface area contributed by atoms with E-state index < -0.39 is 0 Å². The summed E-state index contributed by atoms with van der Waals surface area (Å²) in [4.78, 5) is 0. The topological polar surface area (TPSA) is 43.0 Å². The van der Waals surface area contributed by atoms with Crippen molar-refractivity contribution in [1.29, 1.82) is 0 Å². The Morgan fingerprint density at radius 3 is 2.80 bits per heavy atom. The van der Waals surface area contributed by atoms with E-state index in [1.165, 1.54) is 5.69 Å². The van der Waals surface area contributed by atoms with Crippen LogP contribution in [0, 0.1) is 0 Å². The zero-order valence-electron chi connectivity index (χ0n) is 6.33. The van der Waals surface area contributed by atoms with Gasteiger partial charge in [0.15, 0.2) is 0 Å². The Morgan fingerprint density at radius 2 is 2.40 bits per heavy atom. The molecule has 0 radical (unpaired) electrons. The van der Waals surface area contributed by atoms with Gasteiger partial charge in [-0.15, -0.1) is 0 Å². The molecule has 3 nitrogen and oxygen atoms in total. The first-order valence-corrected chi connectivity index (χ1v) is 3.33.